The fourth-order valence-electron chi connectivity index (χ4n) is 1.70. The van der Waals surface area contributed by atoms with Gasteiger partial charge >= 0.3 is 0 Å². The molecule has 16 heavy (non-hydrogen) atoms. The summed E-state index contributed by atoms with van der Waals surface area (Å²) < 4.78 is 0. The summed E-state index contributed by atoms with van der Waals surface area (Å²) in [6.07, 6.45) is -0.259. The van der Waals surface area contributed by atoms with Gasteiger partial charge in [0.15, 0.2) is 6.10 Å². The van der Waals surface area contributed by atoms with Crippen LogP contribution in [0.1, 0.15) is 18.1 Å². The van der Waals surface area contributed by atoms with Gasteiger partial charge in [-0.2, -0.15) is 5.26 Å². The summed E-state index contributed by atoms with van der Waals surface area (Å²) in [6.45, 7) is 1.93. The van der Waals surface area contributed by atoms with Crippen LogP contribution in [0.15, 0.2) is 29.4 Å². The predicted molar refractivity (Wildman–Crippen MR) is 58.8 cm³/mol. The standard InChI is InChI=1S/C12H12N2O2/c1-8-11(7-15)16-14-12(8)10-4-2-9(6-13)3-5-10/h2-5,8,11,15H,7H2,1H3/t8-,11-/m1/s1. The first kappa shape index (κ1) is 10.7. The Morgan fingerprint density at radius 1 is 1.44 bits per heavy atom. The predicted octanol–water partition coefficient (Wildman–Crippen LogP) is 1.29. The van der Waals surface area contributed by atoms with Gasteiger partial charge in [-0.05, 0) is 17.7 Å². The molecule has 0 amide bonds. The quantitative estimate of drug-likeness (QED) is 0.810. The van der Waals surface area contributed by atoms with E-state index in [1.165, 1.54) is 0 Å². The van der Waals surface area contributed by atoms with E-state index >= 15 is 0 Å². The van der Waals surface area contributed by atoms with E-state index in [2.05, 4.69) is 11.2 Å². The highest BCUT2D eigenvalue weighted by Crippen LogP contribution is 2.22. The average Bonchev–Trinajstić information content (AvgIpc) is 2.70. The second kappa shape index (κ2) is 4.33. The summed E-state index contributed by atoms with van der Waals surface area (Å²) in [5, 5.41) is 21.7. The number of nitrogens with zero attached hydrogens (tertiary/aromatic N) is 2. The van der Waals surface area contributed by atoms with E-state index in [-0.39, 0.29) is 18.6 Å². The molecule has 0 unspecified atom stereocenters. The maximum absolute atomic E-state index is 9.04. The van der Waals surface area contributed by atoms with Crippen molar-refractivity contribution in [3.63, 3.8) is 0 Å². The molecule has 4 nitrogen and oxygen atoms in total. The zero-order valence-corrected chi connectivity index (χ0v) is 8.92. The van der Waals surface area contributed by atoms with Crippen LogP contribution in [0.4, 0.5) is 0 Å². The average molecular weight is 216 g/mol. The minimum absolute atomic E-state index is 0.0373. The van der Waals surface area contributed by atoms with Gasteiger partial charge in [-0.3, -0.25) is 0 Å². The van der Waals surface area contributed by atoms with Gasteiger partial charge in [0.1, 0.15) is 0 Å². The molecular weight excluding hydrogens is 204 g/mol. The van der Waals surface area contributed by atoms with Crippen LogP contribution in [-0.4, -0.2) is 23.5 Å². The van der Waals surface area contributed by atoms with E-state index < -0.39 is 0 Å². The first-order chi connectivity index (χ1) is 7.76. The molecule has 0 aromatic heterocycles. The van der Waals surface area contributed by atoms with Crippen molar-refractivity contribution in [2.24, 2.45) is 11.1 Å². The Kier molecular flexibility index (Phi) is 2.88. The topological polar surface area (TPSA) is 65.6 Å². The van der Waals surface area contributed by atoms with Gasteiger partial charge in [-0.25, -0.2) is 0 Å². The van der Waals surface area contributed by atoms with Crippen molar-refractivity contribution in [1.82, 2.24) is 0 Å². The lowest BCUT2D eigenvalue weighted by atomic mass is 9.94. The molecule has 1 aliphatic heterocycles. The lowest BCUT2D eigenvalue weighted by Crippen LogP contribution is -2.24. The first-order valence-corrected chi connectivity index (χ1v) is 5.11. The van der Waals surface area contributed by atoms with Gasteiger partial charge < -0.3 is 9.94 Å². The van der Waals surface area contributed by atoms with Crippen LogP contribution < -0.4 is 0 Å². The van der Waals surface area contributed by atoms with E-state index in [4.69, 9.17) is 15.2 Å². The minimum atomic E-state index is -0.259. The molecule has 2 atom stereocenters. The number of aliphatic hydroxyl groups excluding tert-OH is 1. The molecule has 1 aliphatic rings. The number of hydrogen-bond donors (Lipinski definition) is 1. The van der Waals surface area contributed by atoms with Crippen LogP contribution in [-0.2, 0) is 4.84 Å². The molecule has 0 radical (unpaired) electrons. The van der Waals surface area contributed by atoms with Crippen molar-refractivity contribution in [2.75, 3.05) is 6.61 Å². The van der Waals surface area contributed by atoms with Crippen LogP contribution in [0.2, 0.25) is 0 Å². The number of aliphatic hydroxyl groups is 1. The maximum atomic E-state index is 9.04. The van der Waals surface area contributed by atoms with Crippen LogP contribution in [0.5, 0.6) is 0 Å². The fraction of sp³-hybridized carbons (Fsp3) is 0.333. The highest BCUT2D eigenvalue weighted by atomic mass is 16.6. The molecule has 0 bridgehead atoms. The SMILES string of the molecule is C[C@H]1C(c2ccc(C#N)cc2)=NO[C@@H]1CO. The summed E-state index contributed by atoms with van der Waals surface area (Å²) >= 11 is 0. The van der Waals surface area contributed by atoms with Gasteiger partial charge in [0.25, 0.3) is 0 Å². The third kappa shape index (κ3) is 1.77. The molecule has 1 heterocycles. The lowest BCUT2D eigenvalue weighted by Gasteiger charge is -2.11. The fourth-order valence-corrected chi connectivity index (χ4v) is 1.70. The van der Waals surface area contributed by atoms with Crippen molar-refractivity contribution in [3.05, 3.63) is 35.4 Å². The molecule has 0 spiro atoms. The van der Waals surface area contributed by atoms with Crippen LogP contribution in [0, 0.1) is 17.2 Å². The van der Waals surface area contributed by atoms with E-state index in [1.54, 1.807) is 12.1 Å². The number of oxime groups is 1. The van der Waals surface area contributed by atoms with Gasteiger partial charge in [0, 0.05) is 5.92 Å². The van der Waals surface area contributed by atoms with Crippen LogP contribution in [0.25, 0.3) is 0 Å². The molecule has 4 heteroatoms. The van der Waals surface area contributed by atoms with Crippen molar-refractivity contribution in [3.8, 4) is 6.07 Å². The number of benzene rings is 1. The smallest absolute Gasteiger partial charge is 0.158 e. The molecule has 0 saturated heterocycles. The Balaban J connectivity index is 2.23. The molecule has 1 N–H and O–H groups in total. The van der Waals surface area contributed by atoms with Crippen molar-refractivity contribution in [1.29, 1.82) is 5.26 Å². The van der Waals surface area contributed by atoms with E-state index in [9.17, 15) is 0 Å². The monoisotopic (exact) mass is 216 g/mol. The molecule has 1 aromatic carbocycles. The van der Waals surface area contributed by atoms with Crippen molar-refractivity contribution < 1.29 is 9.94 Å². The Bertz CT molecular complexity index is 445. The normalized spacial score (nSPS) is 23.4. The largest absolute Gasteiger partial charge is 0.392 e. The van der Waals surface area contributed by atoms with Crippen LogP contribution >= 0.6 is 0 Å². The summed E-state index contributed by atoms with van der Waals surface area (Å²) in [4.78, 5) is 5.11. The summed E-state index contributed by atoms with van der Waals surface area (Å²) in [5.74, 6) is 0.0675. The van der Waals surface area contributed by atoms with E-state index in [0.29, 0.717) is 5.56 Å². The molecule has 0 fully saturated rings. The molecule has 82 valence electrons. The van der Waals surface area contributed by atoms with Crippen molar-refractivity contribution >= 4 is 5.71 Å². The Labute approximate surface area is 93.8 Å². The summed E-state index contributed by atoms with van der Waals surface area (Å²) in [7, 11) is 0. The number of rotatable bonds is 2. The van der Waals surface area contributed by atoms with Gasteiger partial charge in [0.2, 0.25) is 0 Å². The van der Waals surface area contributed by atoms with Crippen molar-refractivity contribution in [2.45, 2.75) is 13.0 Å². The van der Waals surface area contributed by atoms with E-state index in [0.717, 1.165) is 11.3 Å². The second-order valence-corrected chi connectivity index (χ2v) is 3.78. The van der Waals surface area contributed by atoms with Gasteiger partial charge in [0.05, 0.1) is 24.0 Å². The third-order valence-corrected chi connectivity index (χ3v) is 2.77. The summed E-state index contributed by atoms with van der Waals surface area (Å²) in [6, 6.07) is 9.25. The Morgan fingerprint density at radius 3 is 2.62 bits per heavy atom. The minimum Gasteiger partial charge on any atom is -0.392 e. The van der Waals surface area contributed by atoms with Gasteiger partial charge in [-0.1, -0.05) is 24.2 Å². The molecule has 1 aromatic rings. The zero-order valence-electron chi connectivity index (χ0n) is 8.92. The van der Waals surface area contributed by atoms with Gasteiger partial charge in [-0.15, -0.1) is 0 Å². The molecular formula is C12H12N2O2. The number of nitriles is 1. The highest BCUT2D eigenvalue weighted by Gasteiger charge is 2.30. The first-order valence-electron chi connectivity index (χ1n) is 5.11. The van der Waals surface area contributed by atoms with Crippen LogP contribution in [0.3, 0.4) is 0 Å². The zero-order chi connectivity index (χ0) is 11.5. The van der Waals surface area contributed by atoms with E-state index in [1.807, 2.05) is 19.1 Å². The highest BCUT2D eigenvalue weighted by molar-refractivity contribution is 6.02. The molecule has 2 rings (SSSR count). The maximum Gasteiger partial charge on any atom is 0.158 e. The Hall–Kier alpha value is -1.86. The second-order valence-electron chi connectivity index (χ2n) is 3.78. The third-order valence-electron chi connectivity index (χ3n) is 2.77. The number of hydrogen-bond acceptors (Lipinski definition) is 4. The molecule has 0 aliphatic carbocycles. The summed E-state index contributed by atoms with van der Waals surface area (Å²) in [5.41, 5.74) is 2.38. The molecule has 0 saturated carbocycles. The lowest BCUT2D eigenvalue weighted by molar-refractivity contribution is 0.0211. The Morgan fingerprint density at radius 2 is 2.12 bits per heavy atom.